The van der Waals surface area contributed by atoms with E-state index in [0.29, 0.717) is 0 Å². The van der Waals surface area contributed by atoms with Crippen LogP contribution in [0.4, 0.5) is 0 Å². The van der Waals surface area contributed by atoms with E-state index in [2.05, 4.69) is 18.4 Å². The highest BCUT2D eigenvalue weighted by molar-refractivity contribution is 6.66. The van der Waals surface area contributed by atoms with Gasteiger partial charge in [0.2, 0.25) is 0 Å². The summed E-state index contributed by atoms with van der Waals surface area (Å²) in [4.78, 5) is 0. The van der Waals surface area contributed by atoms with E-state index in [1.807, 2.05) is 20.9 Å². The Bertz CT molecular complexity index is 252. The van der Waals surface area contributed by atoms with Gasteiger partial charge in [0, 0.05) is 27.4 Å². The third-order valence-corrected chi connectivity index (χ3v) is 9.71. The van der Waals surface area contributed by atoms with E-state index in [-0.39, 0.29) is 0 Å². The summed E-state index contributed by atoms with van der Waals surface area (Å²) in [6, 6.07) is 2.06. The molecule has 0 unspecified atom stereocenters. The highest BCUT2D eigenvalue weighted by Crippen LogP contribution is 2.15. The zero-order valence-electron chi connectivity index (χ0n) is 16.4. The number of hydrogen-bond donors (Lipinski definition) is 2. The van der Waals surface area contributed by atoms with Crippen molar-refractivity contribution in [1.29, 1.82) is 0 Å². The third-order valence-electron chi connectivity index (χ3n) is 3.66. The molecule has 0 aliphatic rings. The molecule has 0 saturated carbocycles. The summed E-state index contributed by atoms with van der Waals surface area (Å²) < 4.78 is 21.9. The van der Waals surface area contributed by atoms with Gasteiger partial charge in [0.05, 0.1) is 0 Å². The minimum absolute atomic E-state index is 0.725. The molecule has 0 spiro atoms. The molecule has 3 N–H and O–H groups in total. The summed E-state index contributed by atoms with van der Waals surface area (Å²) in [5.41, 5.74) is 5.44. The van der Waals surface area contributed by atoms with Crippen molar-refractivity contribution in [1.82, 2.24) is 5.32 Å². The van der Waals surface area contributed by atoms with Crippen LogP contribution in [0.15, 0.2) is 0 Å². The zero-order valence-corrected chi connectivity index (χ0v) is 18.4. The standard InChI is InChI=1S/C8H21NO2Si.C7H19NO2Si/c1-4-10-12(3,11-5-2)8-6-7-9;1-8-6-5-7-11(4,9-2)10-3/h4-9H2,1-3H3;8H,5-7H2,1-4H3. The molecule has 0 aliphatic carbocycles. The molecule has 0 aromatic carbocycles. The van der Waals surface area contributed by atoms with Crippen molar-refractivity contribution >= 4 is 17.1 Å². The van der Waals surface area contributed by atoms with Gasteiger partial charge in [-0.2, -0.15) is 0 Å². The summed E-state index contributed by atoms with van der Waals surface area (Å²) in [7, 11) is 1.79. The molecule has 23 heavy (non-hydrogen) atoms. The second-order valence-electron chi connectivity index (χ2n) is 5.64. The van der Waals surface area contributed by atoms with Gasteiger partial charge in [-0.25, -0.2) is 0 Å². The van der Waals surface area contributed by atoms with Crippen LogP contribution < -0.4 is 11.1 Å². The predicted octanol–water partition coefficient (Wildman–Crippen LogP) is 2.44. The lowest BCUT2D eigenvalue weighted by Crippen LogP contribution is -2.39. The molecule has 0 aromatic rings. The topological polar surface area (TPSA) is 75.0 Å². The first-order valence-electron chi connectivity index (χ1n) is 8.59. The maximum Gasteiger partial charge on any atom is 0.334 e. The minimum Gasteiger partial charge on any atom is -0.398 e. The Morgan fingerprint density at radius 3 is 1.70 bits per heavy atom. The Kier molecular flexibility index (Phi) is 17.4. The monoisotopic (exact) mass is 368 g/mol. The molecule has 0 saturated heterocycles. The summed E-state index contributed by atoms with van der Waals surface area (Å²) >= 11 is 0. The first kappa shape index (κ1) is 25.4. The summed E-state index contributed by atoms with van der Waals surface area (Å²) in [6.45, 7) is 11.5. The largest absolute Gasteiger partial charge is 0.398 e. The highest BCUT2D eigenvalue weighted by Gasteiger charge is 2.29. The molecule has 0 radical (unpaired) electrons. The maximum atomic E-state index is 5.63. The van der Waals surface area contributed by atoms with Crippen molar-refractivity contribution in [2.75, 3.05) is 47.6 Å². The molecule has 0 aromatic heterocycles. The molecule has 8 heteroatoms. The molecule has 0 aliphatic heterocycles. The fourth-order valence-corrected chi connectivity index (χ4v) is 5.93. The average Bonchev–Trinajstić information content (AvgIpc) is 2.54. The Labute approximate surface area is 145 Å². The molecule has 0 heterocycles. The lowest BCUT2D eigenvalue weighted by Gasteiger charge is -2.25. The van der Waals surface area contributed by atoms with E-state index in [1.54, 1.807) is 14.2 Å². The lowest BCUT2D eigenvalue weighted by atomic mass is 10.5. The van der Waals surface area contributed by atoms with E-state index < -0.39 is 17.1 Å². The maximum absolute atomic E-state index is 5.63. The molecule has 0 atom stereocenters. The Balaban J connectivity index is 0. The van der Waals surface area contributed by atoms with E-state index in [4.69, 9.17) is 23.4 Å². The van der Waals surface area contributed by atoms with Crippen LogP contribution in [0.5, 0.6) is 0 Å². The molecule has 0 bridgehead atoms. The minimum atomic E-state index is -1.85. The van der Waals surface area contributed by atoms with Gasteiger partial charge in [-0.05, 0) is 72.0 Å². The second-order valence-corrected chi connectivity index (χ2v) is 12.6. The van der Waals surface area contributed by atoms with Gasteiger partial charge in [0.15, 0.2) is 0 Å². The van der Waals surface area contributed by atoms with Crippen molar-refractivity contribution in [2.24, 2.45) is 5.73 Å². The molecule has 0 amide bonds. The predicted molar refractivity (Wildman–Crippen MR) is 102 cm³/mol. The lowest BCUT2D eigenvalue weighted by molar-refractivity contribution is 0.188. The Morgan fingerprint density at radius 1 is 0.870 bits per heavy atom. The van der Waals surface area contributed by atoms with Crippen LogP contribution in [0.25, 0.3) is 0 Å². The molecular weight excluding hydrogens is 328 g/mol. The Hall–Kier alpha value is 0.194. The van der Waals surface area contributed by atoms with Gasteiger partial charge in [-0.3, -0.25) is 0 Å². The van der Waals surface area contributed by atoms with Crippen molar-refractivity contribution in [3.63, 3.8) is 0 Å². The third kappa shape index (κ3) is 14.3. The molecular formula is C15H40N2O4Si2. The summed E-state index contributed by atoms with van der Waals surface area (Å²) in [6.07, 6.45) is 2.13. The van der Waals surface area contributed by atoms with Crippen LogP contribution in [-0.4, -0.2) is 64.7 Å². The van der Waals surface area contributed by atoms with Gasteiger partial charge in [-0.1, -0.05) is 0 Å². The quantitative estimate of drug-likeness (QED) is 0.384. The van der Waals surface area contributed by atoms with Crippen molar-refractivity contribution in [2.45, 2.75) is 51.9 Å². The smallest absolute Gasteiger partial charge is 0.334 e. The SMILES string of the molecule is CCO[Si](C)(CCCN)OCC.CNCCC[Si](C)(OC)OC. The number of hydrogen-bond acceptors (Lipinski definition) is 6. The van der Waals surface area contributed by atoms with E-state index in [9.17, 15) is 0 Å². The second kappa shape index (κ2) is 15.7. The van der Waals surface area contributed by atoms with Gasteiger partial charge in [0.1, 0.15) is 0 Å². The molecule has 0 rings (SSSR count). The fourth-order valence-electron chi connectivity index (χ4n) is 2.09. The molecule has 0 fully saturated rings. The van der Waals surface area contributed by atoms with Gasteiger partial charge in [-0.15, -0.1) is 0 Å². The van der Waals surface area contributed by atoms with Crippen LogP contribution in [0.2, 0.25) is 25.2 Å². The zero-order chi connectivity index (χ0) is 18.2. The van der Waals surface area contributed by atoms with Crippen LogP contribution >= 0.6 is 0 Å². The van der Waals surface area contributed by atoms with E-state index in [1.165, 1.54) is 0 Å². The van der Waals surface area contributed by atoms with Crippen LogP contribution in [-0.2, 0) is 17.7 Å². The van der Waals surface area contributed by atoms with Crippen molar-refractivity contribution in [3.8, 4) is 0 Å². The van der Waals surface area contributed by atoms with Crippen LogP contribution in [0.3, 0.4) is 0 Å². The van der Waals surface area contributed by atoms with Crippen molar-refractivity contribution < 1.29 is 17.7 Å². The number of rotatable bonds is 13. The average molecular weight is 369 g/mol. The number of nitrogens with one attached hydrogen (secondary N) is 1. The van der Waals surface area contributed by atoms with Crippen LogP contribution in [0, 0.1) is 0 Å². The summed E-state index contributed by atoms with van der Waals surface area (Å²) in [5, 5.41) is 3.10. The molecule has 6 nitrogen and oxygen atoms in total. The van der Waals surface area contributed by atoms with E-state index >= 15 is 0 Å². The van der Waals surface area contributed by atoms with Crippen molar-refractivity contribution in [3.05, 3.63) is 0 Å². The van der Waals surface area contributed by atoms with Gasteiger partial charge >= 0.3 is 17.1 Å². The summed E-state index contributed by atoms with van der Waals surface area (Å²) in [5.74, 6) is 0. The molecule has 142 valence electrons. The van der Waals surface area contributed by atoms with Gasteiger partial charge in [0.25, 0.3) is 0 Å². The highest BCUT2D eigenvalue weighted by atomic mass is 28.4. The normalized spacial score (nSPS) is 12.0. The fraction of sp³-hybridized carbons (Fsp3) is 1.00. The number of nitrogens with two attached hydrogens (primary N) is 1. The van der Waals surface area contributed by atoms with Gasteiger partial charge < -0.3 is 28.8 Å². The first-order chi connectivity index (χ1) is 10.9. The first-order valence-corrected chi connectivity index (χ1v) is 13.6. The Morgan fingerprint density at radius 2 is 1.35 bits per heavy atom. The van der Waals surface area contributed by atoms with Crippen LogP contribution in [0.1, 0.15) is 26.7 Å². The van der Waals surface area contributed by atoms with E-state index in [0.717, 1.165) is 51.2 Å².